The summed E-state index contributed by atoms with van der Waals surface area (Å²) >= 11 is 0. The number of nitrogens with one attached hydrogen (secondary N) is 1. The Morgan fingerprint density at radius 3 is 1.68 bits per heavy atom. The third kappa shape index (κ3) is 3.65. The molecule has 0 aliphatic heterocycles. The molecule has 0 aliphatic carbocycles. The van der Waals surface area contributed by atoms with Crippen LogP contribution in [-0.4, -0.2) is 0 Å². The van der Waals surface area contributed by atoms with Crippen molar-refractivity contribution >= 4 is 0 Å². The molecule has 0 amide bonds. The van der Waals surface area contributed by atoms with Crippen molar-refractivity contribution in [3.8, 4) is 0 Å². The molecule has 2 rings (SSSR count). The summed E-state index contributed by atoms with van der Waals surface area (Å²) in [7, 11) is 0. The molecule has 2 heteroatoms. The molecule has 0 heterocycles. The van der Waals surface area contributed by atoms with Gasteiger partial charge in [0.2, 0.25) is 0 Å². The number of hydrogen-bond acceptors (Lipinski definition) is 1. The lowest BCUT2D eigenvalue weighted by molar-refractivity contribution is 0.494. The predicted octanol–water partition coefficient (Wildman–Crippen LogP) is 4.55. The van der Waals surface area contributed by atoms with Gasteiger partial charge in [0.25, 0.3) is 0 Å². The maximum Gasteiger partial charge on any atom is 0.123 e. The molecule has 2 aromatic rings. The van der Waals surface area contributed by atoms with Gasteiger partial charge in [-0.3, -0.25) is 0 Å². The maximum absolute atomic E-state index is 12.9. The average Bonchev–Trinajstić information content (AvgIpc) is 2.40. The quantitative estimate of drug-likeness (QED) is 0.847. The number of hydrogen-bond donors (Lipinski definition) is 1. The van der Waals surface area contributed by atoms with Crippen LogP contribution in [0.2, 0.25) is 0 Å². The van der Waals surface area contributed by atoms with Crippen LogP contribution < -0.4 is 5.32 Å². The van der Waals surface area contributed by atoms with Crippen molar-refractivity contribution in [3.63, 3.8) is 0 Å². The first-order chi connectivity index (χ1) is 9.06. The second-order valence-electron chi connectivity index (χ2n) is 5.07. The summed E-state index contributed by atoms with van der Waals surface area (Å²) in [5.41, 5.74) is 3.63. The minimum atomic E-state index is -0.192. The van der Waals surface area contributed by atoms with Crippen molar-refractivity contribution in [1.29, 1.82) is 0 Å². The van der Waals surface area contributed by atoms with Crippen LogP contribution >= 0.6 is 0 Å². The largest absolute Gasteiger partial charge is 0.304 e. The molecule has 0 saturated heterocycles. The zero-order chi connectivity index (χ0) is 13.8. The lowest BCUT2D eigenvalue weighted by Gasteiger charge is -2.21. The first kappa shape index (κ1) is 13.8. The molecule has 100 valence electrons. The van der Waals surface area contributed by atoms with Gasteiger partial charge >= 0.3 is 0 Å². The van der Waals surface area contributed by atoms with Crippen molar-refractivity contribution in [2.24, 2.45) is 0 Å². The van der Waals surface area contributed by atoms with E-state index in [-0.39, 0.29) is 17.9 Å². The van der Waals surface area contributed by atoms with E-state index < -0.39 is 0 Å². The van der Waals surface area contributed by atoms with E-state index in [1.54, 1.807) is 0 Å². The van der Waals surface area contributed by atoms with Crippen LogP contribution in [0.5, 0.6) is 0 Å². The fourth-order valence-electron chi connectivity index (χ4n) is 2.17. The summed E-state index contributed by atoms with van der Waals surface area (Å²) in [5, 5.41) is 3.53. The molecule has 19 heavy (non-hydrogen) atoms. The number of halogens is 1. The van der Waals surface area contributed by atoms with E-state index in [1.165, 1.54) is 23.3 Å². The van der Waals surface area contributed by atoms with Gasteiger partial charge in [0.15, 0.2) is 0 Å². The van der Waals surface area contributed by atoms with Crippen LogP contribution in [0.25, 0.3) is 0 Å². The molecule has 0 aromatic heterocycles. The monoisotopic (exact) mass is 257 g/mol. The van der Waals surface area contributed by atoms with Crippen LogP contribution in [0.15, 0.2) is 48.5 Å². The molecule has 2 unspecified atom stereocenters. The first-order valence-electron chi connectivity index (χ1n) is 6.64. The van der Waals surface area contributed by atoms with Gasteiger partial charge in [-0.15, -0.1) is 0 Å². The molecule has 1 N–H and O–H groups in total. The molecule has 0 bridgehead atoms. The molecule has 0 aliphatic rings. The van der Waals surface area contributed by atoms with Crippen LogP contribution in [-0.2, 0) is 0 Å². The smallest absolute Gasteiger partial charge is 0.123 e. The van der Waals surface area contributed by atoms with E-state index >= 15 is 0 Å². The fraction of sp³-hybridized carbons (Fsp3) is 0.294. The molecular weight excluding hydrogens is 237 g/mol. The lowest BCUT2D eigenvalue weighted by Crippen LogP contribution is -2.22. The van der Waals surface area contributed by atoms with E-state index in [4.69, 9.17) is 0 Å². The Morgan fingerprint density at radius 2 is 1.21 bits per heavy atom. The summed E-state index contributed by atoms with van der Waals surface area (Å²) in [6, 6.07) is 15.6. The van der Waals surface area contributed by atoms with E-state index in [9.17, 15) is 4.39 Å². The van der Waals surface area contributed by atoms with Gasteiger partial charge < -0.3 is 5.32 Å². The second kappa shape index (κ2) is 5.98. The Kier molecular flexibility index (Phi) is 4.33. The van der Waals surface area contributed by atoms with Gasteiger partial charge in [0.1, 0.15) is 5.82 Å². The van der Waals surface area contributed by atoms with Gasteiger partial charge in [0, 0.05) is 12.1 Å². The van der Waals surface area contributed by atoms with Gasteiger partial charge in [0.05, 0.1) is 0 Å². The normalized spacial score (nSPS) is 14.1. The van der Waals surface area contributed by atoms with E-state index in [0.29, 0.717) is 0 Å². The molecule has 0 radical (unpaired) electrons. The topological polar surface area (TPSA) is 12.0 Å². The number of rotatable bonds is 4. The van der Waals surface area contributed by atoms with Crippen molar-refractivity contribution in [1.82, 2.24) is 5.32 Å². The Morgan fingerprint density at radius 1 is 0.789 bits per heavy atom. The summed E-state index contributed by atoms with van der Waals surface area (Å²) < 4.78 is 12.9. The average molecular weight is 257 g/mol. The standard InChI is InChI=1S/C17H20FN/c1-12-4-6-15(7-5-12)13(2)19-14(3)16-8-10-17(18)11-9-16/h4-11,13-14,19H,1-3H3. The van der Waals surface area contributed by atoms with Crippen LogP contribution in [0, 0.1) is 12.7 Å². The van der Waals surface area contributed by atoms with Crippen LogP contribution in [0.3, 0.4) is 0 Å². The van der Waals surface area contributed by atoms with Gasteiger partial charge in [-0.1, -0.05) is 42.0 Å². The highest BCUT2D eigenvalue weighted by Crippen LogP contribution is 2.19. The molecular formula is C17H20FN. The van der Waals surface area contributed by atoms with E-state index in [1.807, 2.05) is 12.1 Å². The van der Waals surface area contributed by atoms with Gasteiger partial charge in [-0.25, -0.2) is 4.39 Å². The van der Waals surface area contributed by atoms with E-state index in [2.05, 4.69) is 50.4 Å². The summed E-state index contributed by atoms with van der Waals surface area (Å²) in [6.45, 7) is 6.33. The Balaban J connectivity index is 2.03. The molecule has 2 atom stereocenters. The molecule has 0 saturated carbocycles. The summed E-state index contributed by atoms with van der Waals surface area (Å²) in [6.07, 6.45) is 0. The molecule has 0 fully saturated rings. The summed E-state index contributed by atoms with van der Waals surface area (Å²) in [5.74, 6) is -0.192. The minimum absolute atomic E-state index is 0.192. The Hall–Kier alpha value is -1.67. The van der Waals surface area contributed by atoms with Crippen LogP contribution in [0.4, 0.5) is 4.39 Å². The first-order valence-corrected chi connectivity index (χ1v) is 6.64. The SMILES string of the molecule is Cc1ccc(C(C)NC(C)c2ccc(F)cc2)cc1. The minimum Gasteiger partial charge on any atom is -0.304 e. The van der Waals surface area contributed by atoms with E-state index in [0.717, 1.165) is 5.56 Å². The van der Waals surface area contributed by atoms with Gasteiger partial charge in [-0.2, -0.15) is 0 Å². The highest BCUT2D eigenvalue weighted by molar-refractivity contribution is 5.25. The third-order valence-corrected chi connectivity index (χ3v) is 3.45. The lowest BCUT2D eigenvalue weighted by atomic mass is 10.0. The molecule has 0 spiro atoms. The summed E-state index contributed by atoms with van der Waals surface area (Å²) in [4.78, 5) is 0. The van der Waals surface area contributed by atoms with Crippen molar-refractivity contribution in [3.05, 3.63) is 71.0 Å². The van der Waals surface area contributed by atoms with Crippen LogP contribution in [0.1, 0.15) is 42.6 Å². The number of aryl methyl sites for hydroxylation is 1. The Bertz CT molecular complexity index is 466. The number of benzene rings is 2. The Labute approximate surface area is 114 Å². The van der Waals surface area contributed by atoms with Crippen molar-refractivity contribution in [2.75, 3.05) is 0 Å². The highest BCUT2D eigenvalue weighted by atomic mass is 19.1. The second-order valence-corrected chi connectivity index (χ2v) is 5.07. The maximum atomic E-state index is 12.9. The zero-order valence-electron chi connectivity index (χ0n) is 11.7. The third-order valence-electron chi connectivity index (χ3n) is 3.45. The van der Waals surface area contributed by atoms with Crippen molar-refractivity contribution < 1.29 is 4.39 Å². The van der Waals surface area contributed by atoms with Gasteiger partial charge in [-0.05, 0) is 44.0 Å². The fourth-order valence-corrected chi connectivity index (χ4v) is 2.17. The van der Waals surface area contributed by atoms with Crippen molar-refractivity contribution in [2.45, 2.75) is 32.9 Å². The predicted molar refractivity (Wildman–Crippen MR) is 77.5 cm³/mol. The molecule has 1 nitrogen and oxygen atoms in total. The molecule has 2 aromatic carbocycles. The zero-order valence-corrected chi connectivity index (χ0v) is 11.7. The highest BCUT2D eigenvalue weighted by Gasteiger charge is 2.10.